The van der Waals surface area contributed by atoms with Crippen molar-refractivity contribution in [3.05, 3.63) is 51.2 Å². The summed E-state index contributed by atoms with van der Waals surface area (Å²) in [6.45, 7) is 0.813. The third-order valence-corrected chi connectivity index (χ3v) is 8.51. The fraction of sp³-hybridized carbons (Fsp3) is 0.560. The quantitative estimate of drug-likeness (QED) is 0.457. The van der Waals surface area contributed by atoms with Crippen LogP contribution in [-0.4, -0.2) is 17.5 Å². The standard InChI is InChI=1S/C25H32N2OS/c26-25(27-14-16-6-2-1-3-7-16)23-22(28)15-29-24(23)21-13-19(21)12-18-11-10-17-8-4-5-9-20(17)18/h4-5,8-9,15-16,18-19,21,28H,1-3,6-7,10-14H2,(H2,26,27). The van der Waals surface area contributed by atoms with Crippen molar-refractivity contribution in [3.8, 4) is 5.75 Å². The van der Waals surface area contributed by atoms with E-state index in [4.69, 9.17) is 10.7 Å². The fourth-order valence-corrected chi connectivity index (χ4v) is 6.80. The molecule has 0 amide bonds. The first-order valence-corrected chi connectivity index (χ1v) is 12.3. The number of amidine groups is 1. The molecular formula is C25H32N2OS. The first-order valence-electron chi connectivity index (χ1n) is 11.4. The fourth-order valence-electron chi connectivity index (χ4n) is 5.65. The molecule has 0 saturated heterocycles. The lowest BCUT2D eigenvalue weighted by Crippen LogP contribution is -2.18. The summed E-state index contributed by atoms with van der Waals surface area (Å²) in [5.41, 5.74) is 10.3. The van der Waals surface area contributed by atoms with Gasteiger partial charge in [-0.3, -0.25) is 4.99 Å². The minimum absolute atomic E-state index is 0.326. The molecule has 0 bridgehead atoms. The monoisotopic (exact) mass is 408 g/mol. The maximum Gasteiger partial charge on any atom is 0.137 e. The van der Waals surface area contributed by atoms with Crippen molar-refractivity contribution in [2.24, 2.45) is 22.6 Å². The van der Waals surface area contributed by atoms with Crippen LogP contribution in [0.2, 0.25) is 0 Å². The van der Waals surface area contributed by atoms with Gasteiger partial charge in [-0.1, -0.05) is 43.5 Å². The van der Waals surface area contributed by atoms with E-state index in [1.165, 1.54) is 62.7 Å². The Hall–Kier alpha value is -1.81. The van der Waals surface area contributed by atoms with E-state index in [1.807, 2.05) is 5.38 Å². The van der Waals surface area contributed by atoms with Gasteiger partial charge in [-0.2, -0.15) is 0 Å². The highest BCUT2D eigenvalue weighted by Gasteiger charge is 2.43. The van der Waals surface area contributed by atoms with Crippen molar-refractivity contribution in [1.29, 1.82) is 0 Å². The zero-order chi connectivity index (χ0) is 19.8. The van der Waals surface area contributed by atoms with Gasteiger partial charge in [-0.05, 0) is 73.3 Å². The molecule has 29 heavy (non-hydrogen) atoms. The number of rotatable bonds is 6. The summed E-state index contributed by atoms with van der Waals surface area (Å²) in [5, 5.41) is 12.3. The Labute approximate surface area is 178 Å². The largest absolute Gasteiger partial charge is 0.506 e. The lowest BCUT2D eigenvalue weighted by Gasteiger charge is -2.19. The summed E-state index contributed by atoms with van der Waals surface area (Å²) in [6.07, 6.45) is 11.5. The van der Waals surface area contributed by atoms with Gasteiger partial charge >= 0.3 is 0 Å². The molecule has 2 saturated carbocycles. The van der Waals surface area contributed by atoms with Gasteiger partial charge in [0.05, 0.1) is 5.56 Å². The molecule has 3 aliphatic rings. The molecule has 2 aromatic rings. The van der Waals surface area contributed by atoms with Crippen molar-refractivity contribution in [2.45, 2.75) is 69.6 Å². The van der Waals surface area contributed by atoms with Crippen molar-refractivity contribution in [3.63, 3.8) is 0 Å². The number of benzene rings is 1. The van der Waals surface area contributed by atoms with Crippen LogP contribution in [0, 0.1) is 11.8 Å². The second kappa shape index (κ2) is 8.14. The SMILES string of the molecule is NC(=NCC1CCCCC1)c1c(O)csc1C1CC1CC1CCc2ccccc21. The Kier molecular flexibility index (Phi) is 5.38. The van der Waals surface area contributed by atoms with Crippen LogP contribution >= 0.6 is 11.3 Å². The molecule has 0 radical (unpaired) electrons. The molecule has 3 unspecified atom stereocenters. The Balaban J connectivity index is 1.26. The van der Waals surface area contributed by atoms with E-state index < -0.39 is 0 Å². The summed E-state index contributed by atoms with van der Waals surface area (Å²) >= 11 is 1.67. The van der Waals surface area contributed by atoms with Gasteiger partial charge in [0.2, 0.25) is 0 Å². The van der Waals surface area contributed by atoms with Gasteiger partial charge < -0.3 is 10.8 Å². The van der Waals surface area contributed by atoms with Crippen LogP contribution in [-0.2, 0) is 6.42 Å². The van der Waals surface area contributed by atoms with E-state index in [0.717, 1.165) is 12.1 Å². The van der Waals surface area contributed by atoms with E-state index in [1.54, 1.807) is 22.5 Å². The number of aliphatic imine (C=N–C) groups is 1. The normalized spacial score (nSPS) is 27.2. The minimum atomic E-state index is 0.326. The highest BCUT2D eigenvalue weighted by molar-refractivity contribution is 7.10. The predicted octanol–water partition coefficient (Wildman–Crippen LogP) is 5.96. The number of hydrogen-bond donors (Lipinski definition) is 2. The molecule has 3 atom stereocenters. The third-order valence-electron chi connectivity index (χ3n) is 7.40. The molecule has 0 spiro atoms. The molecule has 3 N–H and O–H groups in total. The van der Waals surface area contributed by atoms with E-state index in [0.29, 0.717) is 35.3 Å². The average Bonchev–Trinajstić information content (AvgIpc) is 3.22. The number of thiophene rings is 1. The molecule has 5 rings (SSSR count). The summed E-state index contributed by atoms with van der Waals surface area (Å²) in [6, 6.07) is 8.96. The molecule has 4 heteroatoms. The summed E-state index contributed by atoms with van der Waals surface area (Å²) in [7, 11) is 0. The van der Waals surface area contributed by atoms with Crippen molar-refractivity contribution >= 4 is 17.2 Å². The van der Waals surface area contributed by atoms with Gasteiger partial charge in [0.1, 0.15) is 11.6 Å². The van der Waals surface area contributed by atoms with Crippen molar-refractivity contribution < 1.29 is 5.11 Å². The van der Waals surface area contributed by atoms with Crippen LogP contribution in [0.25, 0.3) is 0 Å². The second-order valence-electron chi connectivity index (χ2n) is 9.36. The van der Waals surface area contributed by atoms with Crippen molar-refractivity contribution in [2.75, 3.05) is 6.54 Å². The van der Waals surface area contributed by atoms with Crippen LogP contribution < -0.4 is 5.73 Å². The topological polar surface area (TPSA) is 58.6 Å². The Morgan fingerprint density at radius 2 is 1.97 bits per heavy atom. The maximum atomic E-state index is 10.5. The number of hydrogen-bond acceptors (Lipinski definition) is 3. The van der Waals surface area contributed by atoms with Crippen LogP contribution in [0.1, 0.15) is 84.8 Å². The molecule has 2 fully saturated rings. The molecule has 3 aliphatic carbocycles. The third kappa shape index (κ3) is 3.96. The molecule has 154 valence electrons. The number of aryl methyl sites for hydroxylation is 1. The van der Waals surface area contributed by atoms with E-state index in [2.05, 4.69) is 24.3 Å². The summed E-state index contributed by atoms with van der Waals surface area (Å²) in [4.78, 5) is 5.99. The maximum absolute atomic E-state index is 10.5. The van der Waals surface area contributed by atoms with E-state index in [9.17, 15) is 5.11 Å². The lowest BCUT2D eigenvalue weighted by atomic mass is 9.89. The molecular weight excluding hydrogens is 376 g/mol. The van der Waals surface area contributed by atoms with Crippen molar-refractivity contribution in [1.82, 2.24) is 0 Å². The zero-order valence-corrected chi connectivity index (χ0v) is 18.0. The van der Waals surface area contributed by atoms with Gasteiger partial charge in [0.25, 0.3) is 0 Å². The minimum Gasteiger partial charge on any atom is -0.506 e. The van der Waals surface area contributed by atoms with Gasteiger partial charge in [0, 0.05) is 16.8 Å². The summed E-state index contributed by atoms with van der Waals surface area (Å²) in [5.74, 6) is 3.52. The van der Waals surface area contributed by atoms with Crippen LogP contribution in [0.15, 0.2) is 34.6 Å². The number of fused-ring (bicyclic) bond motifs is 1. The van der Waals surface area contributed by atoms with Crippen LogP contribution in [0.3, 0.4) is 0 Å². The smallest absolute Gasteiger partial charge is 0.137 e. The van der Waals surface area contributed by atoms with Crippen LogP contribution in [0.5, 0.6) is 5.75 Å². The zero-order valence-electron chi connectivity index (χ0n) is 17.1. The first-order chi connectivity index (χ1) is 14.2. The van der Waals surface area contributed by atoms with Gasteiger partial charge in [-0.15, -0.1) is 11.3 Å². The number of nitrogens with zero attached hydrogens (tertiary/aromatic N) is 1. The second-order valence-corrected chi connectivity index (χ2v) is 10.3. The lowest BCUT2D eigenvalue weighted by molar-refractivity contribution is 0.367. The average molecular weight is 409 g/mol. The van der Waals surface area contributed by atoms with E-state index >= 15 is 0 Å². The number of nitrogens with two attached hydrogens (primary N) is 1. The molecule has 3 nitrogen and oxygen atoms in total. The van der Waals surface area contributed by atoms with E-state index in [-0.39, 0.29) is 0 Å². The Morgan fingerprint density at radius 1 is 1.14 bits per heavy atom. The Bertz CT molecular complexity index is 896. The first kappa shape index (κ1) is 19.2. The number of aromatic hydroxyl groups is 1. The highest BCUT2D eigenvalue weighted by Crippen LogP contribution is 2.56. The van der Waals surface area contributed by atoms with Crippen LogP contribution in [0.4, 0.5) is 0 Å². The van der Waals surface area contributed by atoms with Gasteiger partial charge in [-0.25, -0.2) is 0 Å². The molecule has 1 aromatic carbocycles. The highest BCUT2D eigenvalue weighted by atomic mass is 32.1. The molecule has 1 heterocycles. The Morgan fingerprint density at radius 3 is 2.83 bits per heavy atom. The molecule has 0 aliphatic heterocycles. The van der Waals surface area contributed by atoms with Gasteiger partial charge in [0.15, 0.2) is 0 Å². The summed E-state index contributed by atoms with van der Waals surface area (Å²) < 4.78 is 0. The predicted molar refractivity (Wildman–Crippen MR) is 121 cm³/mol. The molecule has 1 aromatic heterocycles.